The summed E-state index contributed by atoms with van der Waals surface area (Å²) in [6, 6.07) is 37.1. The molecule has 0 aliphatic heterocycles. The van der Waals surface area contributed by atoms with Gasteiger partial charge < -0.3 is 9.47 Å². The number of hydrogen-bond acceptors (Lipinski definition) is 4. The first kappa shape index (κ1) is 31.6. The van der Waals surface area contributed by atoms with E-state index in [1.807, 2.05) is 55.5 Å². The lowest BCUT2D eigenvalue weighted by atomic mass is 9.85. The second kappa shape index (κ2) is 17.0. The summed E-state index contributed by atoms with van der Waals surface area (Å²) in [4.78, 5) is 23.0. The number of rotatable bonds is 11. The van der Waals surface area contributed by atoms with Crippen LogP contribution in [-0.4, -0.2) is 25.2 Å². The molecule has 0 aliphatic carbocycles. The van der Waals surface area contributed by atoms with Crippen molar-refractivity contribution in [3.63, 3.8) is 0 Å². The quantitative estimate of drug-likeness (QED) is 0.0779. The summed E-state index contributed by atoms with van der Waals surface area (Å²) < 4.78 is 10.2. The topological polar surface area (TPSA) is 52.6 Å². The van der Waals surface area contributed by atoms with E-state index in [-0.39, 0.29) is 5.97 Å². The zero-order valence-corrected chi connectivity index (χ0v) is 25.3. The highest BCUT2D eigenvalue weighted by molar-refractivity contribution is 6.04. The van der Waals surface area contributed by atoms with E-state index in [0.29, 0.717) is 13.2 Å². The second-order valence-corrected chi connectivity index (χ2v) is 10.2. The Labute approximate surface area is 260 Å². The standard InChI is InChI=1S/C40H36O4/c1-3-14-32-19-24-36(25-20-32)39(34-15-8-6-9-16-34)40(35-17-10-7-11-18-35)37-26-21-33(22-27-37)23-28-38(42)44-30-13-5-4-12-29-43-31(2)41/h6-11,15-22,24-27H,4-5,12-13,29-30H2,1-2H3/b40-39+. The number of ether oxygens (including phenoxy) is 2. The summed E-state index contributed by atoms with van der Waals surface area (Å²) >= 11 is 0. The number of unbranched alkanes of at least 4 members (excludes halogenated alkanes) is 3. The van der Waals surface area contributed by atoms with Crippen LogP contribution >= 0.6 is 0 Å². The Kier molecular flexibility index (Phi) is 12.2. The summed E-state index contributed by atoms with van der Waals surface area (Å²) in [6.45, 7) is 3.99. The second-order valence-electron chi connectivity index (χ2n) is 10.2. The molecule has 4 rings (SSSR count). The molecule has 4 heteroatoms. The minimum Gasteiger partial charge on any atom is -0.466 e. The monoisotopic (exact) mass is 580 g/mol. The van der Waals surface area contributed by atoms with Gasteiger partial charge >= 0.3 is 11.9 Å². The van der Waals surface area contributed by atoms with Crippen molar-refractivity contribution in [1.29, 1.82) is 0 Å². The fourth-order valence-electron chi connectivity index (χ4n) is 4.80. The van der Waals surface area contributed by atoms with Gasteiger partial charge in [0.15, 0.2) is 0 Å². The molecular formula is C40H36O4. The van der Waals surface area contributed by atoms with Crippen LogP contribution in [0.3, 0.4) is 0 Å². The lowest BCUT2D eigenvalue weighted by Crippen LogP contribution is -2.03. The molecule has 4 nitrogen and oxygen atoms in total. The maximum atomic E-state index is 12.2. The number of esters is 2. The Morgan fingerprint density at radius 2 is 0.977 bits per heavy atom. The minimum atomic E-state index is -0.540. The van der Waals surface area contributed by atoms with Crippen molar-refractivity contribution in [3.8, 4) is 23.7 Å². The maximum absolute atomic E-state index is 12.2. The van der Waals surface area contributed by atoms with E-state index in [9.17, 15) is 9.59 Å². The molecule has 44 heavy (non-hydrogen) atoms. The van der Waals surface area contributed by atoms with E-state index in [1.165, 1.54) is 6.92 Å². The predicted molar refractivity (Wildman–Crippen MR) is 176 cm³/mol. The normalized spacial score (nSPS) is 10.8. The molecule has 0 amide bonds. The van der Waals surface area contributed by atoms with E-state index >= 15 is 0 Å². The van der Waals surface area contributed by atoms with Gasteiger partial charge in [0.1, 0.15) is 0 Å². The molecule has 4 aromatic carbocycles. The highest BCUT2D eigenvalue weighted by atomic mass is 16.5. The van der Waals surface area contributed by atoms with Crippen LogP contribution in [0.1, 0.15) is 72.9 Å². The van der Waals surface area contributed by atoms with Gasteiger partial charge in [-0.3, -0.25) is 4.79 Å². The molecule has 0 unspecified atom stereocenters. The largest absolute Gasteiger partial charge is 0.466 e. The molecule has 0 atom stereocenters. The molecule has 0 spiro atoms. The van der Waals surface area contributed by atoms with Crippen LogP contribution in [0.25, 0.3) is 11.1 Å². The van der Waals surface area contributed by atoms with Crippen molar-refractivity contribution in [2.45, 2.75) is 39.5 Å². The first-order chi connectivity index (χ1) is 21.5. The molecule has 0 bridgehead atoms. The van der Waals surface area contributed by atoms with Crippen LogP contribution < -0.4 is 0 Å². The summed E-state index contributed by atoms with van der Waals surface area (Å²) in [5.74, 6) is 10.8. The lowest BCUT2D eigenvalue weighted by Gasteiger charge is -2.18. The van der Waals surface area contributed by atoms with Crippen molar-refractivity contribution in [2.24, 2.45) is 0 Å². The SMILES string of the molecule is CC#Cc1ccc(/C(=C(\c2ccccc2)c2ccc(C#CC(=O)OCCCCCCOC(C)=O)cc2)c2ccccc2)cc1. The predicted octanol–water partition coefficient (Wildman–Crippen LogP) is 8.08. The number of carbonyl (C=O) groups is 2. The molecule has 4 aromatic rings. The molecule has 0 saturated carbocycles. The molecule has 0 fully saturated rings. The summed E-state index contributed by atoms with van der Waals surface area (Å²) in [5, 5.41) is 0. The highest BCUT2D eigenvalue weighted by Gasteiger charge is 2.16. The van der Waals surface area contributed by atoms with Gasteiger partial charge in [-0.05, 0) is 90.3 Å². The van der Waals surface area contributed by atoms with Gasteiger partial charge in [-0.1, -0.05) is 96.8 Å². The number of benzene rings is 4. The molecule has 0 radical (unpaired) electrons. The lowest BCUT2D eigenvalue weighted by molar-refractivity contribution is -0.141. The Morgan fingerprint density at radius 1 is 0.545 bits per heavy atom. The fraction of sp³-hybridized carbons (Fsp3) is 0.200. The third kappa shape index (κ3) is 9.62. The molecule has 220 valence electrons. The Hall–Kier alpha value is -5.32. The van der Waals surface area contributed by atoms with Gasteiger partial charge in [0.05, 0.1) is 13.2 Å². The highest BCUT2D eigenvalue weighted by Crippen LogP contribution is 2.37. The average molecular weight is 581 g/mol. The van der Waals surface area contributed by atoms with E-state index in [4.69, 9.17) is 9.47 Å². The van der Waals surface area contributed by atoms with Crippen LogP contribution in [0.5, 0.6) is 0 Å². The van der Waals surface area contributed by atoms with Crippen molar-refractivity contribution in [2.75, 3.05) is 13.2 Å². The first-order valence-electron chi connectivity index (χ1n) is 14.9. The Balaban J connectivity index is 1.55. The van der Waals surface area contributed by atoms with Gasteiger partial charge in [-0.25, -0.2) is 4.79 Å². The Bertz CT molecular complexity index is 1680. The fourth-order valence-corrected chi connectivity index (χ4v) is 4.80. The van der Waals surface area contributed by atoms with E-state index in [2.05, 4.69) is 84.3 Å². The zero-order valence-electron chi connectivity index (χ0n) is 25.3. The molecular weight excluding hydrogens is 544 g/mol. The Morgan fingerprint density at radius 3 is 1.43 bits per heavy atom. The van der Waals surface area contributed by atoms with E-state index in [1.54, 1.807) is 0 Å². The van der Waals surface area contributed by atoms with Gasteiger partial charge in [-0.15, -0.1) is 5.92 Å². The molecule has 0 aromatic heterocycles. The van der Waals surface area contributed by atoms with Crippen molar-refractivity contribution in [1.82, 2.24) is 0 Å². The van der Waals surface area contributed by atoms with Crippen LogP contribution in [0.2, 0.25) is 0 Å². The zero-order chi connectivity index (χ0) is 31.0. The summed E-state index contributed by atoms with van der Waals surface area (Å²) in [5.41, 5.74) is 8.24. The third-order valence-corrected chi connectivity index (χ3v) is 6.88. The van der Waals surface area contributed by atoms with Crippen LogP contribution in [0.15, 0.2) is 109 Å². The van der Waals surface area contributed by atoms with Gasteiger partial charge in [0.2, 0.25) is 0 Å². The smallest absolute Gasteiger partial charge is 0.384 e. The first-order valence-corrected chi connectivity index (χ1v) is 14.9. The summed E-state index contributed by atoms with van der Waals surface area (Å²) in [6.07, 6.45) is 3.35. The van der Waals surface area contributed by atoms with Gasteiger partial charge in [0, 0.05) is 24.0 Å². The van der Waals surface area contributed by atoms with Crippen LogP contribution in [-0.2, 0) is 19.1 Å². The van der Waals surface area contributed by atoms with E-state index < -0.39 is 5.97 Å². The van der Waals surface area contributed by atoms with Crippen molar-refractivity contribution >= 4 is 23.1 Å². The number of carbonyl (C=O) groups excluding carboxylic acids is 2. The summed E-state index contributed by atoms with van der Waals surface area (Å²) in [7, 11) is 0. The van der Waals surface area contributed by atoms with Gasteiger partial charge in [-0.2, -0.15) is 0 Å². The minimum absolute atomic E-state index is 0.263. The maximum Gasteiger partial charge on any atom is 0.384 e. The van der Waals surface area contributed by atoms with Crippen LogP contribution in [0.4, 0.5) is 0 Å². The van der Waals surface area contributed by atoms with Gasteiger partial charge in [0.25, 0.3) is 0 Å². The molecule has 0 saturated heterocycles. The van der Waals surface area contributed by atoms with Crippen molar-refractivity contribution in [3.05, 3.63) is 143 Å². The van der Waals surface area contributed by atoms with E-state index in [0.717, 1.165) is 70.2 Å². The average Bonchev–Trinajstić information content (AvgIpc) is 3.05. The number of hydrogen-bond donors (Lipinski definition) is 0. The van der Waals surface area contributed by atoms with Crippen molar-refractivity contribution < 1.29 is 19.1 Å². The molecule has 0 aliphatic rings. The molecule has 0 N–H and O–H groups in total. The molecule has 0 heterocycles. The van der Waals surface area contributed by atoms with Crippen LogP contribution in [0, 0.1) is 23.7 Å². The third-order valence-electron chi connectivity index (χ3n) is 6.88.